The Bertz CT molecular complexity index is 1020. The minimum Gasteiger partial charge on any atom is -0.286 e. The number of rotatable bonds is 3. The first kappa shape index (κ1) is 17.0. The Labute approximate surface area is 162 Å². The van der Waals surface area contributed by atoms with E-state index >= 15 is 0 Å². The fourth-order valence-electron chi connectivity index (χ4n) is 3.21. The zero-order chi connectivity index (χ0) is 18.1. The standard InChI is InChI=1S/C22H17NOS2/c1-15(16-8-3-2-4-9-16)23-21(24)20(26-22(23)25)14-18-12-7-11-17-10-5-6-13-19(17)18/h2-15H,1H3/b20-14-/t15-/m0/s1. The lowest BCUT2D eigenvalue weighted by Gasteiger charge is -2.23. The van der Waals surface area contributed by atoms with Crippen molar-refractivity contribution in [2.45, 2.75) is 13.0 Å². The number of hydrogen-bond donors (Lipinski definition) is 0. The summed E-state index contributed by atoms with van der Waals surface area (Å²) in [4.78, 5) is 15.4. The van der Waals surface area contributed by atoms with Crippen LogP contribution in [-0.4, -0.2) is 15.1 Å². The number of thiocarbonyl (C=S) groups is 1. The fraction of sp³-hybridized carbons (Fsp3) is 0.0909. The van der Waals surface area contributed by atoms with Crippen LogP contribution in [0.25, 0.3) is 16.8 Å². The predicted octanol–water partition coefficient (Wildman–Crippen LogP) is 5.80. The quantitative estimate of drug-likeness (QED) is 0.426. The van der Waals surface area contributed by atoms with E-state index in [1.54, 1.807) is 4.90 Å². The number of carbonyl (C=O) groups excluding carboxylic acids is 1. The Balaban J connectivity index is 1.70. The van der Waals surface area contributed by atoms with Gasteiger partial charge in [0, 0.05) is 0 Å². The molecule has 1 fully saturated rings. The Morgan fingerprint density at radius 1 is 0.962 bits per heavy atom. The van der Waals surface area contributed by atoms with Gasteiger partial charge in [0.2, 0.25) is 0 Å². The minimum absolute atomic E-state index is 0.0238. The molecule has 26 heavy (non-hydrogen) atoms. The minimum atomic E-state index is -0.0814. The van der Waals surface area contributed by atoms with Gasteiger partial charge in [-0.3, -0.25) is 9.69 Å². The summed E-state index contributed by atoms with van der Waals surface area (Å²) in [5.74, 6) is -0.0238. The summed E-state index contributed by atoms with van der Waals surface area (Å²) in [5, 5.41) is 2.30. The van der Waals surface area contributed by atoms with Gasteiger partial charge in [-0.05, 0) is 34.9 Å². The molecule has 2 nitrogen and oxygen atoms in total. The van der Waals surface area contributed by atoms with Crippen LogP contribution in [0.15, 0.2) is 77.7 Å². The van der Waals surface area contributed by atoms with Crippen molar-refractivity contribution in [3.63, 3.8) is 0 Å². The second-order valence-electron chi connectivity index (χ2n) is 6.21. The van der Waals surface area contributed by atoms with Gasteiger partial charge >= 0.3 is 0 Å². The predicted molar refractivity (Wildman–Crippen MR) is 114 cm³/mol. The molecule has 0 saturated carbocycles. The number of hydrogen-bond acceptors (Lipinski definition) is 3. The third kappa shape index (κ3) is 3.06. The summed E-state index contributed by atoms with van der Waals surface area (Å²) in [7, 11) is 0. The Morgan fingerprint density at radius 2 is 1.65 bits per heavy atom. The normalized spacial score (nSPS) is 17.3. The number of benzene rings is 3. The average Bonchev–Trinajstić information content (AvgIpc) is 2.95. The molecule has 0 spiro atoms. The molecule has 1 amide bonds. The maximum atomic E-state index is 13.0. The highest BCUT2D eigenvalue weighted by molar-refractivity contribution is 8.26. The monoisotopic (exact) mass is 375 g/mol. The lowest BCUT2D eigenvalue weighted by Crippen LogP contribution is -2.30. The maximum absolute atomic E-state index is 13.0. The maximum Gasteiger partial charge on any atom is 0.266 e. The highest BCUT2D eigenvalue weighted by Gasteiger charge is 2.35. The van der Waals surface area contributed by atoms with E-state index in [2.05, 4.69) is 18.2 Å². The molecule has 128 valence electrons. The molecule has 0 bridgehead atoms. The molecule has 1 saturated heterocycles. The lowest BCUT2D eigenvalue weighted by molar-refractivity contribution is -0.123. The molecule has 0 aromatic heterocycles. The van der Waals surface area contributed by atoms with Crippen LogP contribution in [0.3, 0.4) is 0 Å². The third-order valence-corrected chi connectivity index (χ3v) is 5.93. The summed E-state index contributed by atoms with van der Waals surface area (Å²) >= 11 is 6.89. The van der Waals surface area contributed by atoms with Crippen LogP contribution in [0.4, 0.5) is 0 Å². The SMILES string of the molecule is C[C@@H](c1ccccc1)N1C(=O)/C(=C/c2cccc3ccccc23)SC1=S. The molecule has 0 unspecified atom stereocenters. The Hall–Kier alpha value is -2.43. The molecule has 4 heteroatoms. The molecule has 1 atom stereocenters. The molecule has 1 aliphatic heterocycles. The smallest absolute Gasteiger partial charge is 0.266 e. The van der Waals surface area contributed by atoms with Crippen LogP contribution in [0.5, 0.6) is 0 Å². The molecule has 0 N–H and O–H groups in total. The second kappa shape index (κ2) is 7.06. The van der Waals surface area contributed by atoms with Crippen LogP contribution in [0.2, 0.25) is 0 Å². The van der Waals surface area contributed by atoms with Crippen molar-refractivity contribution < 1.29 is 4.79 Å². The van der Waals surface area contributed by atoms with Crippen molar-refractivity contribution in [1.29, 1.82) is 0 Å². The van der Waals surface area contributed by atoms with Gasteiger partial charge in [0.25, 0.3) is 5.91 Å². The van der Waals surface area contributed by atoms with Gasteiger partial charge in [-0.1, -0.05) is 96.8 Å². The van der Waals surface area contributed by atoms with Gasteiger partial charge in [0.05, 0.1) is 10.9 Å². The number of fused-ring (bicyclic) bond motifs is 1. The second-order valence-corrected chi connectivity index (χ2v) is 7.88. The highest BCUT2D eigenvalue weighted by atomic mass is 32.2. The molecule has 3 aromatic rings. The number of carbonyl (C=O) groups is 1. The Morgan fingerprint density at radius 3 is 2.46 bits per heavy atom. The average molecular weight is 376 g/mol. The molecule has 0 radical (unpaired) electrons. The van der Waals surface area contributed by atoms with Crippen molar-refractivity contribution in [1.82, 2.24) is 4.90 Å². The van der Waals surface area contributed by atoms with Crippen LogP contribution < -0.4 is 0 Å². The summed E-state index contributed by atoms with van der Waals surface area (Å²) < 4.78 is 0.609. The van der Waals surface area contributed by atoms with Crippen LogP contribution in [0, 0.1) is 0 Å². The fourth-order valence-corrected chi connectivity index (χ4v) is 4.62. The molecule has 0 aliphatic carbocycles. The van der Waals surface area contributed by atoms with Crippen molar-refractivity contribution >= 4 is 51.1 Å². The topological polar surface area (TPSA) is 20.3 Å². The lowest BCUT2D eigenvalue weighted by atomic mass is 10.0. The number of thioether (sulfide) groups is 1. The van der Waals surface area contributed by atoms with Gasteiger partial charge in [-0.25, -0.2) is 0 Å². The number of nitrogens with zero attached hydrogens (tertiary/aromatic N) is 1. The van der Waals surface area contributed by atoms with Crippen molar-refractivity contribution in [2.75, 3.05) is 0 Å². The van der Waals surface area contributed by atoms with Gasteiger partial charge < -0.3 is 0 Å². The van der Waals surface area contributed by atoms with E-state index < -0.39 is 0 Å². The summed E-state index contributed by atoms with van der Waals surface area (Å²) in [6, 6.07) is 24.2. The highest BCUT2D eigenvalue weighted by Crippen LogP contribution is 2.38. The van der Waals surface area contributed by atoms with Gasteiger partial charge in [0.15, 0.2) is 0 Å². The van der Waals surface area contributed by atoms with Gasteiger partial charge in [-0.15, -0.1) is 0 Å². The first-order valence-electron chi connectivity index (χ1n) is 8.45. The summed E-state index contributed by atoms with van der Waals surface area (Å²) in [5.41, 5.74) is 2.12. The molecule has 4 rings (SSSR count). The van der Waals surface area contributed by atoms with E-state index in [-0.39, 0.29) is 11.9 Å². The van der Waals surface area contributed by atoms with Gasteiger partial charge in [0.1, 0.15) is 4.32 Å². The third-order valence-electron chi connectivity index (χ3n) is 4.60. The molecular weight excluding hydrogens is 358 g/mol. The first-order chi connectivity index (χ1) is 12.6. The molecule has 1 aliphatic rings. The van der Waals surface area contributed by atoms with Crippen LogP contribution in [-0.2, 0) is 4.79 Å². The molecular formula is C22H17NOS2. The summed E-state index contributed by atoms with van der Waals surface area (Å²) in [6.07, 6.45) is 1.96. The molecule has 3 aromatic carbocycles. The molecule has 1 heterocycles. The largest absolute Gasteiger partial charge is 0.286 e. The van der Waals surface area contributed by atoms with Crippen molar-refractivity contribution in [3.8, 4) is 0 Å². The summed E-state index contributed by atoms with van der Waals surface area (Å²) in [6.45, 7) is 2.01. The van der Waals surface area contributed by atoms with E-state index in [0.717, 1.165) is 21.9 Å². The van der Waals surface area contributed by atoms with Crippen molar-refractivity contribution in [2.24, 2.45) is 0 Å². The van der Waals surface area contributed by atoms with Crippen LogP contribution >= 0.6 is 24.0 Å². The van der Waals surface area contributed by atoms with E-state index in [0.29, 0.717) is 9.23 Å². The zero-order valence-corrected chi connectivity index (χ0v) is 15.9. The van der Waals surface area contributed by atoms with Crippen molar-refractivity contribution in [3.05, 3.63) is 88.8 Å². The van der Waals surface area contributed by atoms with Gasteiger partial charge in [-0.2, -0.15) is 0 Å². The van der Waals surface area contributed by atoms with E-state index in [9.17, 15) is 4.79 Å². The van der Waals surface area contributed by atoms with E-state index in [1.807, 2.05) is 67.6 Å². The van der Waals surface area contributed by atoms with E-state index in [1.165, 1.54) is 11.8 Å². The first-order valence-corrected chi connectivity index (χ1v) is 9.67. The Kier molecular flexibility index (Phi) is 4.62. The van der Waals surface area contributed by atoms with Crippen LogP contribution in [0.1, 0.15) is 24.1 Å². The van der Waals surface area contributed by atoms with E-state index in [4.69, 9.17) is 12.2 Å². The zero-order valence-electron chi connectivity index (χ0n) is 14.3. The number of amides is 1.